The van der Waals surface area contributed by atoms with Crippen LogP contribution in [-0.2, 0) is 4.79 Å². The lowest BCUT2D eigenvalue weighted by Crippen LogP contribution is -1.98. The first-order valence-corrected chi connectivity index (χ1v) is 3.65. The molecular formula is C8H7BrO2. The van der Waals surface area contributed by atoms with Crippen molar-refractivity contribution >= 4 is 21.9 Å². The van der Waals surface area contributed by atoms with Gasteiger partial charge >= 0.3 is 5.97 Å². The Morgan fingerprint density at radius 2 is 2.27 bits per heavy atom. The highest BCUT2D eigenvalue weighted by molar-refractivity contribution is 9.12. The molecule has 0 aliphatic rings. The minimum Gasteiger partial charge on any atom is -0.478 e. The standard InChI is InChI=1S/C8H7BrO2/c1-3-5-6(8(10)11)7(9)4-2/h2-3,5H,1H3,(H,10,11)/b5-3-,7-6-. The van der Waals surface area contributed by atoms with E-state index in [1.54, 1.807) is 13.0 Å². The lowest BCUT2D eigenvalue weighted by atomic mass is 10.2. The van der Waals surface area contributed by atoms with E-state index in [2.05, 4.69) is 21.9 Å². The minimum absolute atomic E-state index is 0.0926. The Kier molecular flexibility index (Phi) is 4.32. The summed E-state index contributed by atoms with van der Waals surface area (Å²) in [5.74, 6) is 1.16. The first-order valence-electron chi connectivity index (χ1n) is 2.85. The first-order chi connectivity index (χ1) is 5.13. The third-order valence-corrected chi connectivity index (χ3v) is 1.58. The largest absolute Gasteiger partial charge is 0.478 e. The fraction of sp³-hybridized carbons (Fsp3) is 0.125. The SMILES string of the molecule is C#C/C(Br)=C(\C=C/C)C(=O)O. The van der Waals surface area contributed by atoms with Gasteiger partial charge in [-0.15, -0.1) is 6.42 Å². The zero-order valence-corrected chi connectivity index (χ0v) is 7.55. The molecule has 0 aromatic heterocycles. The van der Waals surface area contributed by atoms with Gasteiger partial charge in [-0.05, 0) is 22.9 Å². The van der Waals surface area contributed by atoms with Crippen LogP contribution >= 0.6 is 15.9 Å². The summed E-state index contributed by atoms with van der Waals surface area (Å²) in [4.78, 5) is 10.5. The molecule has 11 heavy (non-hydrogen) atoms. The molecule has 1 N–H and O–H groups in total. The second kappa shape index (κ2) is 4.75. The number of terminal acetylenes is 1. The predicted octanol–water partition coefficient (Wildman–Crippen LogP) is 1.93. The monoisotopic (exact) mass is 214 g/mol. The summed E-state index contributed by atoms with van der Waals surface area (Å²) in [5.41, 5.74) is 0.0926. The Labute approximate surface area is 73.7 Å². The van der Waals surface area contributed by atoms with E-state index in [0.29, 0.717) is 0 Å². The van der Waals surface area contributed by atoms with Crippen LogP contribution < -0.4 is 0 Å². The van der Waals surface area contributed by atoms with Crippen molar-refractivity contribution in [3.8, 4) is 12.3 Å². The highest BCUT2D eigenvalue weighted by Crippen LogP contribution is 2.12. The number of carboxylic acid groups (broad SMARTS) is 1. The van der Waals surface area contributed by atoms with Crippen molar-refractivity contribution in [2.45, 2.75) is 6.92 Å². The predicted molar refractivity (Wildman–Crippen MR) is 47.2 cm³/mol. The molecule has 0 atom stereocenters. The molecule has 0 spiro atoms. The average Bonchev–Trinajstić information content (AvgIpc) is 1.98. The molecule has 2 nitrogen and oxygen atoms in total. The quantitative estimate of drug-likeness (QED) is 0.434. The van der Waals surface area contributed by atoms with Gasteiger partial charge in [0.15, 0.2) is 0 Å². The Bertz CT molecular complexity index is 256. The molecule has 0 aromatic carbocycles. The Balaban J connectivity index is 4.92. The number of hydrogen-bond donors (Lipinski definition) is 1. The van der Waals surface area contributed by atoms with Crippen LogP contribution in [0.15, 0.2) is 22.2 Å². The number of carbonyl (C=O) groups is 1. The van der Waals surface area contributed by atoms with Crippen molar-refractivity contribution in [1.29, 1.82) is 0 Å². The lowest BCUT2D eigenvalue weighted by molar-refractivity contribution is -0.132. The fourth-order valence-corrected chi connectivity index (χ4v) is 0.785. The third-order valence-electron chi connectivity index (χ3n) is 0.927. The Morgan fingerprint density at radius 3 is 2.55 bits per heavy atom. The first kappa shape index (κ1) is 9.99. The van der Waals surface area contributed by atoms with E-state index < -0.39 is 5.97 Å². The molecule has 0 aliphatic heterocycles. The van der Waals surface area contributed by atoms with E-state index in [1.165, 1.54) is 6.08 Å². The molecule has 0 heterocycles. The van der Waals surface area contributed by atoms with Crippen molar-refractivity contribution in [2.24, 2.45) is 0 Å². The minimum atomic E-state index is -1.03. The van der Waals surface area contributed by atoms with Gasteiger partial charge in [0.25, 0.3) is 0 Å². The topological polar surface area (TPSA) is 37.3 Å². The molecule has 0 rings (SSSR count). The summed E-state index contributed by atoms with van der Waals surface area (Å²) < 4.78 is 0.253. The molecule has 58 valence electrons. The second-order valence-electron chi connectivity index (χ2n) is 1.68. The molecule has 0 aromatic rings. The molecule has 0 bridgehead atoms. The molecule has 3 heteroatoms. The molecule has 0 fully saturated rings. The maximum absolute atomic E-state index is 10.5. The number of allylic oxidation sites excluding steroid dienone is 2. The molecule has 0 saturated carbocycles. The van der Waals surface area contributed by atoms with Crippen LogP contribution in [-0.4, -0.2) is 11.1 Å². The van der Waals surface area contributed by atoms with E-state index in [1.807, 2.05) is 0 Å². The highest BCUT2D eigenvalue weighted by Gasteiger charge is 2.06. The van der Waals surface area contributed by atoms with Crippen molar-refractivity contribution in [2.75, 3.05) is 0 Å². The molecule has 0 aliphatic carbocycles. The summed E-state index contributed by atoms with van der Waals surface area (Å²) in [7, 11) is 0. The smallest absolute Gasteiger partial charge is 0.337 e. The molecule has 0 unspecified atom stereocenters. The van der Waals surface area contributed by atoms with Crippen LogP contribution in [0.1, 0.15) is 6.92 Å². The van der Waals surface area contributed by atoms with Crippen LogP contribution in [0.25, 0.3) is 0 Å². The van der Waals surface area contributed by atoms with Gasteiger partial charge in [0.2, 0.25) is 0 Å². The van der Waals surface area contributed by atoms with Gasteiger partial charge in [-0.2, -0.15) is 0 Å². The van der Waals surface area contributed by atoms with Crippen molar-refractivity contribution in [1.82, 2.24) is 0 Å². The van der Waals surface area contributed by atoms with Gasteiger partial charge < -0.3 is 5.11 Å². The third kappa shape index (κ3) is 3.06. The average molecular weight is 215 g/mol. The number of aliphatic carboxylic acids is 1. The summed E-state index contributed by atoms with van der Waals surface area (Å²) >= 11 is 2.96. The van der Waals surface area contributed by atoms with E-state index in [4.69, 9.17) is 11.5 Å². The van der Waals surface area contributed by atoms with E-state index in [0.717, 1.165) is 0 Å². The normalized spacial score (nSPS) is 12.5. The zero-order chi connectivity index (χ0) is 8.85. The van der Waals surface area contributed by atoms with Crippen molar-refractivity contribution in [3.63, 3.8) is 0 Å². The van der Waals surface area contributed by atoms with Gasteiger partial charge in [-0.3, -0.25) is 0 Å². The zero-order valence-electron chi connectivity index (χ0n) is 5.97. The molecular weight excluding hydrogens is 208 g/mol. The van der Waals surface area contributed by atoms with Gasteiger partial charge in [0.05, 0.1) is 10.1 Å². The molecule has 0 amide bonds. The number of hydrogen-bond acceptors (Lipinski definition) is 1. The van der Waals surface area contributed by atoms with Gasteiger partial charge in [0.1, 0.15) is 0 Å². The summed E-state index contributed by atoms with van der Waals surface area (Å²) in [6, 6.07) is 0. The number of halogens is 1. The second-order valence-corrected chi connectivity index (χ2v) is 2.47. The van der Waals surface area contributed by atoms with Crippen LogP contribution in [0.2, 0.25) is 0 Å². The van der Waals surface area contributed by atoms with E-state index in [9.17, 15) is 4.79 Å². The number of carboxylic acids is 1. The summed E-state index contributed by atoms with van der Waals surface area (Å²) in [6.07, 6.45) is 8.04. The van der Waals surface area contributed by atoms with Crippen LogP contribution in [0.5, 0.6) is 0 Å². The Hall–Kier alpha value is -1.01. The van der Waals surface area contributed by atoms with Gasteiger partial charge in [-0.25, -0.2) is 4.79 Å². The maximum Gasteiger partial charge on any atom is 0.337 e. The van der Waals surface area contributed by atoms with Gasteiger partial charge in [0, 0.05) is 0 Å². The van der Waals surface area contributed by atoms with Crippen molar-refractivity contribution < 1.29 is 9.90 Å². The van der Waals surface area contributed by atoms with E-state index >= 15 is 0 Å². The maximum atomic E-state index is 10.5. The van der Waals surface area contributed by atoms with Crippen molar-refractivity contribution in [3.05, 3.63) is 22.2 Å². The molecule has 0 radical (unpaired) electrons. The van der Waals surface area contributed by atoms with E-state index in [-0.39, 0.29) is 10.1 Å². The van der Waals surface area contributed by atoms with Crippen LogP contribution in [0.3, 0.4) is 0 Å². The van der Waals surface area contributed by atoms with Crippen LogP contribution in [0.4, 0.5) is 0 Å². The van der Waals surface area contributed by atoms with Gasteiger partial charge in [-0.1, -0.05) is 18.1 Å². The van der Waals surface area contributed by atoms with Crippen LogP contribution in [0, 0.1) is 12.3 Å². The number of rotatable bonds is 2. The fourth-order valence-electron chi connectivity index (χ4n) is 0.483. The summed E-state index contributed by atoms with van der Waals surface area (Å²) in [5, 5.41) is 8.57. The summed E-state index contributed by atoms with van der Waals surface area (Å²) in [6.45, 7) is 1.72. The highest BCUT2D eigenvalue weighted by atomic mass is 79.9. The molecule has 0 saturated heterocycles. The Morgan fingerprint density at radius 1 is 1.73 bits per heavy atom. The lowest BCUT2D eigenvalue weighted by Gasteiger charge is -1.93.